The van der Waals surface area contributed by atoms with Crippen molar-refractivity contribution in [2.24, 2.45) is 5.92 Å². The van der Waals surface area contributed by atoms with E-state index in [4.69, 9.17) is 4.74 Å². The lowest BCUT2D eigenvalue weighted by Crippen LogP contribution is -2.53. The molecule has 0 bridgehead atoms. The molecule has 3 atom stereocenters. The van der Waals surface area contributed by atoms with Gasteiger partial charge in [-0.3, -0.25) is 9.69 Å². The predicted molar refractivity (Wildman–Crippen MR) is 87.8 cm³/mol. The highest BCUT2D eigenvalue weighted by Crippen LogP contribution is 2.32. The Morgan fingerprint density at radius 2 is 2.12 bits per heavy atom. The fourth-order valence-corrected chi connectivity index (χ4v) is 3.71. The third-order valence-electron chi connectivity index (χ3n) is 5.06. The first-order valence-electron chi connectivity index (χ1n) is 8.64. The third-order valence-corrected chi connectivity index (χ3v) is 5.06. The Morgan fingerprint density at radius 3 is 2.83 bits per heavy atom. The Morgan fingerprint density at radius 1 is 1.33 bits per heavy atom. The van der Waals surface area contributed by atoms with E-state index in [1.807, 2.05) is 0 Å². The number of aliphatic hydroxyl groups excluding tert-OH is 1. The molecule has 1 amide bonds. The smallest absolute Gasteiger partial charge is 0.234 e. The van der Waals surface area contributed by atoms with Crippen LogP contribution in [0.1, 0.15) is 24.8 Å². The average Bonchev–Trinajstić information content (AvgIpc) is 3.01. The number of hydrogen-bond donors (Lipinski definition) is 2. The van der Waals surface area contributed by atoms with Crippen LogP contribution in [-0.2, 0) is 16.1 Å². The van der Waals surface area contributed by atoms with Gasteiger partial charge in [-0.05, 0) is 30.5 Å². The predicted octanol–water partition coefficient (Wildman–Crippen LogP) is 1.30. The van der Waals surface area contributed by atoms with Crippen molar-refractivity contribution in [2.45, 2.75) is 38.0 Å². The van der Waals surface area contributed by atoms with Crippen molar-refractivity contribution in [3.8, 4) is 0 Å². The van der Waals surface area contributed by atoms with Crippen LogP contribution in [-0.4, -0.2) is 54.4 Å². The van der Waals surface area contributed by atoms with Crippen molar-refractivity contribution in [3.63, 3.8) is 0 Å². The van der Waals surface area contributed by atoms with E-state index in [0.29, 0.717) is 32.8 Å². The number of hydrogen-bond acceptors (Lipinski definition) is 4. The molecule has 2 aliphatic rings. The van der Waals surface area contributed by atoms with Crippen LogP contribution in [0.3, 0.4) is 0 Å². The maximum atomic E-state index is 12.9. The fourth-order valence-electron chi connectivity index (χ4n) is 3.71. The minimum absolute atomic E-state index is 0.0567. The molecule has 6 heteroatoms. The number of morpholine rings is 1. The monoisotopic (exact) mass is 336 g/mol. The molecule has 3 rings (SSSR count). The summed E-state index contributed by atoms with van der Waals surface area (Å²) in [6.07, 6.45) is 2.57. The van der Waals surface area contributed by atoms with E-state index >= 15 is 0 Å². The molecular weight excluding hydrogens is 311 g/mol. The molecule has 1 aromatic carbocycles. The van der Waals surface area contributed by atoms with Gasteiger partial charge in [0.2, 0.25) is 5.91 Å². The number of ether oxygens (including phenoxy) is 1. The summed E-state index contributed by atoms with van der Waals surface area (Å²) in [5.41, 5.74) is 0.870. The Labute approximate surface area is 141 Å². The molecule has 132 valence electrons. The van der Waals surface area contributed by atoms with Gasteiger partial charge in [0.1, 0.15) is 5.82 Å². The molecule has 1 heterocycles. The van der Waals surface area contributed by atoms with Gasteiger partial charge in [-0.15, -0.1) is 0 Å². The van der Waals surface area contributed by atoms with Gasteiger partial charge in [-0.2, -0.15) is 0 Å². The second kappa shape index (κ2) is 8.05. The van der Waals surface area contributed by atoms with Crippen LogP contribution in [0.25, 0.3) is 0 Å². The normalized spacial score (nSPS) is 28.0. The van der Waals surface area contributed by atoms with Crippen LogP contribution in [0.15, 0.2) is 24.3 Å². The lowest BCUT2D eigenvalue weighted by molar-refractivity contribution is -0.126. The first-order chi connectivity index (χ1) is 11.6. The molecule has 1 aliphatic heterocycles. The molecular formula is C18H25FN2O3. The summed E-state index contributed by atoms with van der Waals surface area (Å²) in [6, 6.07) is 6.22. The van der Waals surface area contributed by atoms with Crippen molar-refractivity contribution < 1.29 is 19.0 Å². The summed E-state index contributed by atoms with van der Waals surface area (Å²) in [5, 5.41) is 13.0. The molecule has 5 nitrogen and oxygen atoms in total. The van der Waals surface area contributed by atoms with Gasteiger partial charge in [-0.1, -0.05) is 18.6 Å². The van der Waals surface area contributed by atoms with Gasteiger partial charge in [-0.25, -0.2) is 4.39 Å². The van der Waals surface area contributed by atoms with E-state index in [-0.39, 0.29) is 29.8 Å². The molecule has 1 aromatic rings. The summed E-state index contributed by atoms with van der Waals surface area (Å²) >= 11 is 0. The third kappa shape index (κ3) is 4.32. The van der Waals surface area contributed by atoms with Crippen molar-refractivity contribution in [1.82, 2.24) is 10.2 Å². The number of halogens is 1. The van der Waals surface area contributed by atoms with E-state index in [0.717, 1.165) is 24.8 Å². The summed E-state index contributed by atoms with van der Waals surface area (Å²) in [4.78, 5) is 14.4. The quantitative estimate of drug-likeness (QED) is 0.851. The molecule has 1 aliphatic carbocycles. The van der Waals surface area contributed by atoms with Gasteiger partial charge in [0, 0.05) is 25.0 Å². The number of amides is 1. The molecule has 2 fully saturated rings. The van der Waals surface area contributed by atoms with Crippen LogP contribution in [0, 0.1) is 11.7 Å². The minimum atomic E-state index is -0.290. The molecule has 24 heavy (non-hydrogen) atoms. The van der Waals surface area contributed by atoms with Crippen molar-refractivity contribution in [2.75, 3.05) is 26.3 Å². The molecule has 0 spiro atoms. The molecule has 1 saturated carbocycles. The number of benzene rings is 1. The van der Waals surface area contributed by atoms with Crippen molar-refractivity contribution in [1.29, 1.82) is 0 Å². The molecule has 2 N–H and O–H groups in total. The van der Waals surface area contributed by atoms with E-state index in [1.54, 1.807) is 12.1 Å². The second-order valence-electron chi connectivity index (χ2n) is 6.68. The van der Waals surface area contributed by atoms with Crippen LogP contribution in [0.2, 0.25) is 0 Å². The Hall–Kier alpha value is -1.50. The fraction of sp³-hybridized carbons (Fsp3) is 0.611. The van der Waals surface area contributed by atoms with Gasteiger partial charge in [0.05, 0.1) is 25.9 Å². The minimum Gasteiger partial charge on any atom is -0.393 e. The topological polar surface area (TPSA) is 61.8 Å². The number of aliphatic hydroxyl groups is 1. The number of nitrogens with one attached hydrogen (secondary N) is 1. The standard InChI is InChI=1S/C18H25FN2O3/c19-14-6-4-13(5-7-14)10-20-18(23)11-21-8-9-24-12-16(21)15-2-1-3-17(15)22/h4-7,15-17,22H,1-3,8-12H2,(H,20,23). The van der Waals surface area contributed by atoms with Gasteiger partial charge in [0.25, 0.3) is 0 Å². The largest absolute Gasteiger partial charge is 0.393 e. The summed E-state index contributed by atoms with van der Waals surface area (Å²) < 4.78 is 18.5. The Kier molecular flexibility index (Phi) is 5.81. The maximum Gasteiger partial charge on any atom is 0.234 e. The molecule has 1 saturated heterocycles. The van der Waals surface area contributed by atoms with Crippen LogP contribution >= 0.6 is 0 Å². The lowest BCUT2D eigenvalue weighted by atomic mass is 9.94. The van der Waals surface area contributed by atoms with Gasteiger partial charge in [0.15, 0.2) is 0 Å². The summed E-state index contributed by atoms with van der Waals surface area (Å²) in [7, 11) is 0. The highest BCUT2D eigenvalue weighted by Gasteiger charge is 2.38. The zero-order valence-electron chi connectivity index (χ0n) is 13.8. The SMILES string of the molecule is O=C(CN1CCOCC1C1CCCC1O)NCc1ccc(F)cc1. The van der Waals surface area contributed by atoms with Crippen molar-refractivity contribution >= 4 is 5.91 Å². The second-order valence-corrected chi connectivity index (χ2v) is 6.68. The van der Waals surface area contributed by atoms with E-state index in [2.05, 4.69) is 10.2 Å². The number of rotatable bonds is 5. The zero-order valence-corrected chi connectivity index (χ0v) is 13.8. The zero-order chi connectivity index (χ0) is 16.9. The van der Waals surface area contributed by atoms with E-state index < -0.39 is 0 Å². The molecule has 3 unspecified atom stereocenters. The average molecular weight is 336 g/mol. The Bertz CT molecular complexity index is 552. The molecule has 0 radical (unpaired) electrons. The highest BCUT2D eigenvalue weighted by molar-refractivity contribution is 5.78. The lowest BCUT2D eigenvalue weighted by Gasteiger charge is -2.39. The maximum absolute atomic E-state index is 12.9. The highest BCUT2D eigenvalue weighted by atomic mass is 19.1. The summed E-state index contributed by atoms with van der Waals surface area (Å²) in [5.74, 6) is -0.148. The number of nitrogens with zero attached hydrogens (tertiary/aromatic N) is 1. The Balaban J connectivity index is 1.52. The number of carbonyl (C=O) groups is 1. The number of carbonyl (C=O) groups excluding carboxylic acids is 1. The van der Waals surface area contributed by atoms with E-state index in [9.17, 15) is 14.3 Å². The first-order valence-corrected chi connectivity index (χ1v) is 8.64. The first kappa shape index (κ1) is 17.3. The van der Waals surface area contributed by atoms with Crippen LogP contribution in [0.4, 0.5) is 4.39 Å². The van der Waals surface area contributed by atoms with Gasteiger partial charge < -0.3 is 15.2 Å². The van der Waals surface area contributed by atoms with E-state index in [1.165, 1.54) is 12.1 Å². The van der Waals surface area contributed by atoms with Crippen LogP contribution in [0.5, 0.6) is 0 Å². The van der Waals surface area contributed by atoms with Crippen molar-refractivity contribution in [3.05, 3.63) is 35.6 Å². The van der Waals surface area contributed by atoms with Crippen LogP contribution < -0.4 is 5.32 Å². The van der Waals surface area contributed by atoms with Gasteiger partial charge >= 0.3 is 0 Å². The molecule has 0 aromatic heterocycles. The summed E-state index contributed by atoms with van der Waals surface area (Å²) in [6.45, 7) is 2.59.